The van der Waals surface area contributed by atoms with Gasteiger partial charge in [-0.2, -0.15) is 5.10 Å². The number of fused-ring (bicyclic) bond motifs is 1. The van der Waals surface area contributed by atoms with Crippen LogP contribution in [0.3, 0.4) is 0 Å². The van der Waals surface area contributed by atoms with Crippen LogP contribution in [0.4, 0.5) is 0 Å². The number of benzene rings is 1. The van der Waals surface area contributed by atoms with E-state index >= 15 is 0 Å². The topological polar surface area (TPSA) is 31.9 Å². The standard InChI is InChI=1S/C17H23N3/c1-17(2,3)15-5-4-13-7-9-20(11-14(13)10-15)12-16-6-8-18-19-16/h4-6,8,10H,7,9,11-12H2,1-3H3,(H,18,19). The lowest BCUT2D eigenvalue weighted by atomic mass is 9.84. The van der Waals surface area contributed by atoms with Crippen LogP contribution >= 0.6 is 0 Å². The maximum absolute atomic E-state index is 4.03. The number of H-pyrrole nitrogens is 1. The lowest BCUT2D eigenvalue weighted by Gasteiger charge is -2.30. The number of nitrogens with one attached hydrogen (secondary N) is 1. The van der Waals surface area contributed by atoms with Gasteiger partial charge in [0.15, 0.2) is 0 Å². The molecule has 1 aliphatic heterocycles. The first kappa shape index (κ1) is 13.4. The first-order chi connectivity index (χ1) is 9.52. The molecule has 0 fully saturated rings. The van der Waals surface area contributed by atoms with Crippen LogP contribution in [0.5, 0.6) is 0 Å². The molecule has 3 rings (SSSR count). The van der Waals surface area contributed by atoms with Crippen molar-refractivity contribution >= 4 is 0 Å². The van der Waals surface area contributed by atoms with E-state index in [1.54, 1.807) is 0 Å². The summed E-state index contributed by atoms with van der Waals surface area (Å²) in [7, 11) is 0. The molecule has 1 N–H and O–H groups in total. The quantitative estimate of drug-likeness (QED) is 0.907. The molecule has 0 saturated heterocycles. The molecule has 0 atom stereocenters. The highest BCUT2D eigenvalue weighted by atomic mass is 15.2. The zero-order valence-electron chi connectivity index (χ0n) is 12.6. The van der Waals surface area contributed by atoms with Crippen molar-refractivity contribution in [2.24, 2.45) is 0 Å². The van der Waals surface area contributed by atoms with Crippen LogP contribution in [0.15, 0.2) is 30.5 Å². The number of aromatic amines is 1. The smallest absolute Gasteiger partial charge is 0.0492 e. The lowest BCUT2D eigenvalue weighted by molar-refractivity contribution is 0.242. The summed E-state index contributed by atoms with van der Waals surface area (Å²) >= 11 is 0. The normalized spacial score (nSPS) is 16.1. The monoisotopic (exact) mass is 269 g/mol. The van der Waals surface area contributed by atoms with Gasteiger partial charge in [0, 0.05) is 31.5 Å². The van der Waals surface area contributed by atoms with Crippen LogP contribution in [0, 0.1) is 0 Å². The van der Waals surface area contributed by atoms with Gasteiger partial charge in [0.1, 0.15) is 0 Å². The molecule has 0 bridgehead atoms. The summed E-state index contributed by atoms with van der Waals surface area (Å²) in [5, 5.41) is 7.08. The van der Waals surface area contributed by atoms with Gasteiger partial charge in [0.05, 0.1) is 0 Å². The molecular weight excluding hydrogens is 246 g/mol. The number of aromatic nitrogens is 2. The molecular formula is C17H23N3. The van der Waals surface area contributed by atoms with Crippen molar-refractivity contribution in [3.05, 3.63) is 52.8 Å². The summed E-state index contributed by atoms with van der Waals surface area (Å²) in [5.41, 5.74) is 5.85. The van der Waals surface area contributed by atoms with E-state index in [1.165, 1.54) is 22.4 Å². The number of rotatable bonds is 2. The van der Waals surface area contributed by atoms with Crippen molar-refractivity contribution in [3.63, 3.8) is 0 Å². The molecule has 0 spiro atoms. The van der Waals surface area contributed by atoms with Gasteiger partial charge >= 0.3 is 0 Å². The van der Waals surface area contributed by atoms with Crippen molar-refractivity contribution in [2.75, 3.05) is 6.54 Å². The maximum Gasteiger partial charge on any atom is 0.0492 e. The van der Waals surface area contributed by atoms with Crippen LogP contribution in [-0.2, 0) is 24.9 Å². The highest BCUT2D eigenvalue weighted by Gasteiger charge is 2.20. The Morgan fingerprint density at radius 2 is 2.05 bits per heavy atom. The molecule has 3 heteroatoms. The van der Waals surface area contributed by atoms with Gasteiger partial charge in [0.2, 0.25) is 0 Å². The van der Waals surface area contributed by atoms with E-state index in [0.717, 1.165) is 26.1 Å². The van der Waals surface area contributed by atoms with Crippen molar-refractivity contribution < 1.29 is 0 Å². The molecule has 20 heavy (non-hydrogen) atoms. The van der Waals surface area contributed by atoms with E-state index in [9.17, 15) is 0 Å². The first-order valence-corrected chi connectivity index (χ1v) is 7.35. The van der Waals surface area contributed by atoms with Crippen LogP contribution in [0.1, 0.15) is 43.2 Å². The molecule has 1 aromatic heterocycles. The summed E-state index contributed by atoms with van der Waals surface area (Å²) in [6.45, 7) is 9.96. The first-order valence-electron chi connectivity index (χ1n) is 7.35. The van der Waals surface area contributed by atoms with E-state index < -0.39 is 0 Å². The minimum atomic E-state index is 0.223. The molecule has 3 nitrogen and oxygen atoms in total. The summed E-state index contributed by atoms with van der Waals surface area (Å²) < 4.78 is 0. The Balaban J connectivity index is 1.79. The zero-order valence-corrected chi connectivity index (χ0v) is 12.6. The highest BCUT2D eigenvalue weighted by molar-refractivity contribution is 5.36. The zero-order chi connectivity index (χ0) is 14.2. The molecule has 0 saturated carbocycles. The second-order valence-electron chi connectivity index (χ2n) is 6.78. The van der Waals surface area contributed by atoms with Gasteiger partial charge < -0.3 is 0 Å². The molecule has 0 radical (unpaired) electrons. The third-order valence-corrected chi connectivity index (χ3v) is 4.12. The highest BCUT2D eigenvalue weighted by Crippen LogP contribution is 2.27. The van der Waals surface area contributed by atoms with E-state index in [2.05, 4.69) is 60.1 Å². The summed E-state index contributed by atoms with van der Waals surface area (Å²) in [5.74, 6) is 0. The molecule has 106 valence electrons. The fourth-order valence-corrected chi connectivity index (χ4v) is 2.83. The number of hydrogen-bond acceptors (Lipinski definition) is 2. The van der Waals surface area contributed by atoms with Crippen molar-refractivity contribution in [1.29, 1.82) is 0 Å². The van der Waals surface area contributed by atoms with Gasteiger partial charge in [0.25, 0.3) is 0 Å². The van der Waals surface area contributed by atoms with Gasteiger partial charge in [-0.15, -0.1) is 0 Å². The summed E-state index contributed by atoms with van der Waals surface area (Å²) in [6, 6.07) is 9.07. The molecule has 0 amide bonds. The Bertz CT molecular complexity index is 579. The van der Waals surface area contributed by atoms with Crippen LogP contribution in [0.2, 0.25) is 0 Å². The minimum absolute atomic E-state index is 0.223. The fraction of sp³-hybridized carbons (Fsp3) is 0.471. The molecule has 2 heterocycles. The number of hydrogen-bond donors (Lipinski definition) is 1. The van der Waals surface area contributed by atoms with E-state index in [1.807, 2.05) is 6.20 Å². The Kier molecular flexibility index (Phi) is 3.38. The molecule has 1 aliphatic rings. The number of nitrogens with zero attached hydrogens (tertiary/aromatic N) is 2. The van der Waals surface area contributed by atoms with Crippen molar-refractivity contribution in [2.45, 2.75) is 45.7 Å². The van der Waals surface area contributed by atoms with E-state index in [0.29, 0.717) is 0 Å². The predicted octanol–water partition coefficient (Wildman–Crippen LogP) is 3.27. The average molecular weight is 269 g/mol. The van der Waals surface area contributed by atoms with Gasteiger partial charge in [-0.1, -0.05) is 39.0 Å². The Labute approximate surface area is 121 Å². The fourth-order valence-electron chi connectivity index (χ4n) is 2.83. The minimum Gasteiger partial charge on any atom is -0.293 e. The Hall–Kier alpha value is -1.61. The molecule has 0 unspecified atom stereocenters. The van der Waals surface area contributed by atoms with Crippen LogP contribution in [0.25, 0.3) is 0 Å². The van der Waals surface area contributed by atoms with Crippen molar-refractivity contribution in [3.8, 4) is 0 Å². The molecule has 2 aromatic rings. The maximum atomic E-state index is 4.03. The SMILES string of the molecule is CC(C)(C)c1ccc2c(c1)CN(Cc1ccn[nH]1)CC2. The third kappa shape index (κ3) is 2.78. The van der Waals surface area contributed by atoms with Gasteiger partial charge in [-0.25, -0.2) is 0 Å². The lowest BCUT2D eigenvalue weighted by Crippen LogP contribution is -2.30. The van der Waals surface area contributed by atoms with Gasteiger partial charge in [-0.05, 0) is 34.6 Å². The van der Waals surface area contributed by atoms with Crippen LogP contribution in [-0.4, -0.2) is 21.6 Å². The second-order valence-corrected chi connectivity index (χ2v) is 6.78. The molecule has 1 aromatic carbocycles. The largest absolute Gasteiger partial charge is 0.293 e. The predicted molar refractivity (Wildman–Crippen MR) is 81.5 cm³/mol. The van der Waals surface area contributed by atoms with E-state index in [4.69, 9.17) is 0 Å². The summed E-state index contributed by atoms with van der Waals surface area (Å²) in [4.78, 5) is 2.49. The van der Waals surface area contributed by atoms with E-state index in [-0.39, 0.29) is 5.41 Å². The summed E-state index contributed by atoms with van der Waals surface area (Å²) in [6.07, 6.45) is 2.97. The Morgan fingerprint density at radius 1 is 1.20 bits per heavy atom. The third-order valence-electron chi connectivity index (χ3n) is 4.12. The van der Waals surface area contributed by atoms with Crippen molar-refractivity contribution in [1.82, 2.24) is 15.1 Å². The van der Waals surface area contributed by atoms with Crippen LogP contribution < -0.4 is 0 Å². The average Bonchev–Trinajstić information content (AvgIpc) is 2.90. The van der Waals surface area contributed by atoms with Gasteiger partial charge in [-0.3, -0.25) is 10.00 Å². The molecule has 0 aliphatic carbocycles. The second kappa shape index (κ2) is 5.06. The Morgan fingerprint density at radius 3 is 2.75 bits per heavy atom.